The number of rotatable bonds is 1. The first-order chi connectivity index (χ1) is 6.27. The number of nitriles is 1. The number of nitrogens with zero attached hydrogens (tertiary/aromatic N) is 1. The zero-order chi connectivity index (χ0) is 9.68. The van der Waals surface area contributed by atoms with Crippen molar-refractivity contribution < 1.29 is 9.18 Å². The minimum atomic E-state index is -0.590. The third-order valence-corrected chi connectivity index (χ3v) is 1.38. The van der Waals surface area contributed by atoms with Crippen LogP contribution in [-0.2, 0) is 0 Å². The van der Waals surface area contributed by atoms with Gasteiger partial charge in [-0.25, -0.2) is 4.39 Å². The molecule has 0 bridgehead atoms. The summed E-state index contributed by atoms with van der Waals surface area (Å²) in [5.74, 6) is 3.79. The maximum Gasteiger partial charge on any atom is 0.152 e. The fraction of sp³-hybridized carbons (Fsp3) is 0. The molecule has 3 heteroatoms. The van der Waals surface area contributed by atoms with Crippen LogP contribution in [0.4, 0.5) is 4.39 Å². The van der Waals surface area contributed by atoms with Gasteiger partial charge in [0.25, 0.3) is 0 Å². The standard InChI is InChI=1S/C10H4FNO/c11-10-6-8(7-13)3-4-9(10)2-1-5-12/h3-4,6-7H. The van der Waals surface area contributed by atoms with Crippen LogP contribution >= 0.6 is 0 Å². The average molecular weight is 173 g/mol. The smallest absolute Gasteiger partial charge is 0.152 e. The van der Waals surface area contributed by atoms with Crippen molar-refractivity contribution in [2.24, 2.45) is 0 Å². The molecule has 1 aromatic carbocycles. The number of carbonyl (C=O) groups is 1. The zero-order valence-electron chi connectivity index (χ0n) is 6.54. The molecule has 0 aromatic heterocycles. The van der Waals surface area contributed by atoms with Crippen LogP contribution in [0.1, 0.15) is 15.9 Å². The normalized spacial score (nSPS) is 8.00. The third kappa shape index (κ3) is 2.15. The van der Waals surface area contributed by atoms with E-state index in [4.69, 9.17) is 5.26 Å². The number of benzene rings is 1. The van der Waals surface area contributed by atoms with E-state index in [1.165, 1.54) is 12.1 Å². The summed E-state index contributed by atoms with van der Waals surface area (Å²) < 4.78 is 13.0. The Morgan fingerprint density at radius 2 is 2.23 bits per heavy atom. The van der Waals surface area contributed by atoms with Gasteiger partial charge in [-0.1, -0.05) is 6.07 Å². The van der Waals surface area contributed by atoms with Crippen LogP contribution in [0.5, 0.6) is 0 Å². The molecule has 0 atom stereocenters. The minimum absolute atomic E-state index is 0.118. The molecule has 0 radical (unpaired) electrons. The van der Waals surface area contributed by atoms with Gasteiger partial charge in [0.2, 0.25) is 0 Å². The van der Waals surface area contributed by atoms with E-state index in [9.17, 15) is 9.18 Å². The topological polar surface area (TPSA) is 40.9 Å². The molecule has 2 nitrogen and oxygen atoms in total. The van der Waals surface area contributed by atoms with Crippen molar-refractivity contribution in [3.8, 4) is 17.9 Å². The van der Waals surface area contributed by atoms with Gasteiger partial charge in [-0.2, -0.15) is 5.26 Å². The molecule has 0 N–H and O–H groups in total. The van der Waals surface area contributed by atoms with Crippen molar-refractivity contribution in [1.82, 2.24) is 0 Å². The van der Waals surface area contributed by atoms with Crippen molar-refractivity contribution in [3.63, 3.8) is 0 Å². The molecular formula is C10H4FNO. The van der Waals surface area contributed by atoms with Gasteiger partial charge in [0.15, 0.2) is 6.07 Å². The fourth-order valence-corrected chi connectivity index (χ4v) is 0.801. The first kappa shape index (κ1) is 8.96. The average Bonchev–Trinajstić information content (AvgIpc) is 2.16. The van der Waals surface area contributed by atoms with Crippen molar-refractivity contribution in [3.05, 3.63) is 35.1 Å². The van der Waals surface area contributed by atoms with Crippen LogP contribution in [0.3, 0.4) is 0 Å². The maximum atomic E-state index is 13.0. The Labute approximate surface area is 74.6 Å². The van der Waals surface area contributed by atoms with Crippen LogP contribution in [0.15, 0.2) is 18.2 Å². The van der Waals surface area contributed by atoms with Crippen LogP contribution in [0.25, 0.3) is 0 Å². The van der Waals surface area contributed by atoms with E-state index in [0.717, 1.165) is 6.07 Å². The lowest BCUT2D eigenvalue weighted by atomic mass is 10.1. The highest BCUT2D eigenvalue weighted by atomic mass is 19.1. The highest BCUT2D eigenvalue weighted by Crippen LogP contribution is 2.07. The second-order valence-corrected chi connectivity index (χ2v) is 2.22. The molecule has 1 rings (SSSR count). The molecule has 0 aliphatic carbocycles. The van der Waals surface area contributed by atoms with E-state index in [1.54, 1.807) is 6.07 Å². The van der Waals surface area contributed by atoms with E-state index in [1.807, 2.05) is 0 Å². The predicted octanol–water partition coefficient (Wildman–Crippen LogP) is 1.51. The van der Waals surface area contributed by atoms with Gasteiger partial charge in [-0.15, -0.1) is 0 Å². The van der Waals surface area contributed by atoms with E-state index < -0.39 is 5.82 Å². The highest BCUT2D eigenvalue weighted by Gasteiger charge is 1.99. The fourth-order valence-electron chi connectivity index (χ4n) is 0.801. The van der Waals surface area contributed by atoms with Crippen molar-refractivity contribution in [2.75, 3.05) is 0 Å². The predicted molar refractivity (Wildman–Crippen MR) is 44.3 cm³/mol. The summed E-state index contributed by atoms with van der Waals surface area (Å²) in [4.78, 5) is 10.2. The number of hydrogen-bond acceptors (Lipinski definition) is 2. The Bertz CT molecular complexity index is 434. The summed E-state index contributed by atoms with van der Waals surface area (Å²) in [6.07, 6.45) is 0.546. The second kappa shape index (κ2) is 4.04. The molecular weight excluding hydrogens is 169 g/mol. The van der Waals surface area contributed by atoms with E-state index in [0.29, 0.717) is 6.29 Å². The van der Waals surface area contributed by atoms with Crippen LogP contribution in [0, 0.1) is 29.0 Å². The molecule has 0 saturated carbocycles. The summed E-state index contributed by atoms with van der Waals surface area (Å²) in [5.41, 5.74) is 0.368. The summed E-state index contributed by atoms with van der Waals surface area (Å²) in [6.45, 7) is 0. The Balaban J connectivity index is 3.14. The molecule has 0 aliphatic rings. The lowest BCUT2D eigenvalue weighted by Gasteiger charge is -1.93. The van der Waals surface area contributed by atoms with Gasteiger partial charge in [0, 0.05) is 11.5 Å². The lowest BCUT2D eigenvalue weighted by Crippen LogP contribution is -1.86. The Morgan fingerprint density at radius 1 is 1.46 bits per heavy atom. The number of halogens is 1. The largest absolute Gasteiger partial charge is 0.298 e. The summed E-state index contributed by atoms with van der Waals surface area (Å²) >= 11 is 0. The van der Waals surface area contributed by atoms with Gasteiger partial charge in [0.1, 0.15) is 12.1 Å². The summed E-state index contributed by atoms with van der Waals surface area (Å²) in [7, 11) is 0. The first-order valence-electron chi connectivity index (χ1n) is 3.43. The van der Waals surface area contributed by atoms with Gasteiger partial charge >= 0.3 is 0 Å². The number of hydrogen-bond donors (Lipinski definition) is 0. The minimum Gasteiger partial charge on any atom is -0.298 e. The molecule has 0 amide bonds. The Morgan fingerprint density at radius 3 is 2.77 bits per heavy atom. The van der Waals surface area contributed by atoms with Crippen molar-refractivity contribution >= 4 is 6.29 Å². The van der Waals surface area contributed by atoms with Crippen molar-refractivity contribution in [2.45, 2.75) is 0 Å². The van der Waals surface area contributed by atoms with Gasteiger partial charge < -0.3 is 0 Å². The van der Waals surface area contributed by atoms with Gasteiger partial charge in [-0.05, 0) is 18.1 Å². The lowest BCUT2D eigenvalue weighted by molar-refractivity contribution is 0.112. The molecule has 0 spiro atoms. The summed E-state index contributed by atoms with van der Waals surface area (Å²) in [5, 5.41) is 8.12. The number of carbonyl (C=O) groups excluding carboxylic acids is 1. The van der Waals surface area contributed by atoms with E-state index >= 15 is 0 Å². The van der Waals surface area contributed by atoms with E-state index in [-0.39, 0.29) is 11.1 Å². The molecule has 0 unspecified atom stereocenters. The van der Waals surface area contributed by atoms with Crippen LogP contribution in [0.2, 0.25) is 0 Å². The zero-order valence-corrected chi connectivity index (χ0v) is 6.54. The second-order valence-electron chi connectivity index (χ2n) is 2.22. The number of aldehydes is 1. The molecule has 62 valence electrons. The first-order valence-corrected chi connectivity index (χ1v) is 3.43. The van der Waals surface area contributed by atoms with Crippen LogP contribution < -0.4 is 0 Å². The SMILES string of the molecule is N#CC#Cc1ccc(C=O)cc1F. The monoisotopic (exact) mass is 173 g/mol. The molecule has 0 heterocycles. The van der Waals surface area contributed by atoms with Gasteiger partial charge in [0.05, 0.1) is 5.56 Å². The molecule has 0 fully saturated rings. The van der Waals surface area contributed by atoms with Crippen molar-refractivity contribution in [1.29, 1.82) is 5.26 Å². The Hall–Kier alpha value is -2.13. The third-order valence-electron chi connectivity index (χ3n) is 1.38. The maximum absolute atomic E-state index is 13.0. The molecule has 1 aromatic rings. The quantitative estimate of drug-likeness (QED) is 0.477. The molecule has 0 saturated heterocycles. The summed E-state index contributed by atoms with van der Waals surface area (Å²) in [6, 6.07) is 5.46. The van der Waals surface area contributed by atoms with E-state index in [2.05, 4.69) is 11.8 Å². The highest BCUT2D eigenvalue weighted by molar-refractivity contribution is 5.75. The molecule has 0 aliphatic heterocycles. The van der Waals surface area contributed by atoms with Gasteiger partial charge in [-0.3, -0.25) is 4.79 Å². The molecule has 13 heavy (non-hydrogen) atoms. The van der Waals surface area contributed by atoms with Crippen LogP contribution in [-0.4, -0.2) is 6.29 Å². The Kier molecular flexibility index (Phi) is 2.78.